The zero-order valence-electron chi connectivity index (χ0n) is 16.7. The van der Waals surface area contributed by atoms with E-state index in [9.17, 15) is 4.79 Å². The van der Waals surface area contributed by atoms with Crippen LogP contribution < -0.4 is 5.56 Å². The Morgan fingerprint density at radius 2 is 2.14 bits per heavy atom. The number of rotatable bonds is 5. The maximum absolute atomic E-state index is 13.1. The van der Waals surface area contributed by atoms with E-state index in [4.69, 9.17) is 4.74 Å². The molecule has 0 amide bonds. The predicted molar refractivity (Wildman–Crippen MR) is 109 cm³/mol. The standard InChI is InChI=1S/C21H26N6O2/c1-14-6-4-7-15-12-17(21(28)22-18(14)15)19(26-9-2-3-10-26)20-23-24-25-27(20)13-16-8-5-11-29-16/h4,6-7,12,16,19H,2-3,5,8-11,13H2,1H3,(H,22,28)/t16-,19-/m0/s1. The van der Waals surface area contributed by atoms with Gasteiger partial charge in [0.1, 0.15) is 6.04 Å². The molecule has 4 heterocycles. The first-order valence-corrected chi connectivity index (χ1v) is 10.4. The van der Waals surface area contributed by atoms with Gasteiger partial charge in [-0.15, -0.1) is 5.10 Å². The van der Waals surface area contributed by atoms with E-state index >= 15 is 0 Å². The fraction of sp³-hybridized carbons (Fsp3) is 0.524. The molecule has 2 aliphatic heterocycles. The van der Waals surface area contributed by atoms with E-state index in [1.807, 2.05) is 35.9 Å². The minimum Gasteiger partial charge on any atom is -0.376 e. The van der Waals surface area contributed by atoms with Crippen LogP contribution in [0.2, 0.25) is 0 Å². The lowest BCUT2D eigenvalue weighted by Crippen LogP contribution is -2.34. The molecular weight excluding hydrogens is 368 g/mol. The maximum atomic E-state index is 13.1. The molecular formula is C21H26N6O2. The number of fused-ring (bicyclic) bond motifs is 1. The van der Waals surface area contributed by atoms with Crippen molar-refractivity contribution in [3.8, 4) is 0 Å². The second-order valence-electron chi connectivity index (χ2n) is 8.09. The van der Waals surface area contributed by atoms with Crippen LogP contribution in [0.4, 0.5) is 0 Å². The van der Waals surface area contributed by atoms with Crippen molar-refractivity contribution >= 4 is 10.9 Å². The first-order chi connectivity index (χ1) is 14.2. The molecule has 8 nitrogen and oxygen atoms in total. The summed E-state index contributed by atoms with van der Waals surface area (Å²) in [4.78, 5) is 18.6. The summed E-state index contributed by atoms with van der Waals surface area (Å²) in [6.45, 7) is 5.29. The summed E-state index contributed by atoms with van der Waals surface area (Å²) in [5.41, 5.74) is 2.58. The fourth-order valence-electron chi connectivity index (χ4n) is 4.62. The molecule has 2 saturated heterocycles. The molecule has 0 spiro atoms. The van der Waals surface area contributed by atoms with Gasteiger partial charge in [-0.25, -0.2) is 4.68 Å². The molecule has 1 aromatic carbocycles. The van der Waals surface area contributed by atoms with Gasteiger partial charge in [0.05, 0.1) is 18.2 Å². The average molecular weight is 394 g/mol. The van der Waals surface area contributed by atoms with Crippen molar-refractivity contribution in [3.63, 3.8) is 0 Å². The molecule has 0 bridgehead atoms. The number of aromatic nitrogens is 5. The number of nitrogens with zero attached hydrogens (tertiary/aromatic N) is 5. The van der Waals surface area contributed by atoms with Gasteiger partial charge >= 0.3 is 0 Å². The molecule has 2 atom stereocenters. The third-order valence-corrected chi connectivity index (χ3v) is 6.12. The van der Waals surface area contributed by atoms with E-state index in [0.717, 1.165) is 67.7 Å². The van der Waals surface area contributed by atoms with Gasteiger partial charge in [0.15, 0.2) is 5.82 Å². The Labute approximate surface area is 168 Å². The van der Waals surface area contributed by atoms with E-state index < -0.39 is 0 Å². The number of para-hydroxylation sites is 1. The van der Waals surface area contributed by atoms with Crippen LogP contribution in [0.15, 0.2) is 29.1 Å². The van der Waals surface area contributed by atoms with Crippen molar-refractivity contribution in [2.45, 2.75) is 51.3 Å². The number of hydrogen-bond acceptors (Lipinski definition) is 6. The molecule has 0 saturated carbocycles. The van der Waals surface area contributed by atoms with Gasteiger partial charge in [0.25, 0.3) is 5.56 Å². The number of nitrogens with one attached hydrogen (secondary N) is 1. The van der Waals surface area contributed by atoms with Crippen molar-refractivity contribution < 1.29 is 4.74 Å². The van der Waals surface area contributed by atoms with Gasteiger partial charge in [-0.2, -0.15) is 0 Å². The number of ether oxygens (including phenoxy) is 1. The largest absolute Gasteiger partial charge is 0.376 e. The Hall–Kier alpha value is -2.58. The molecule has 2 fully saturated rings. The van der Waals surface area contributed by atoms with Gasteiger partial charge in [0.2, 0.25) is 0 Å². The maximum Gasteiger partial charge on any atom is 0.253 e. The van der Waals surface area contributed by atoms with Crippen molar-refractivity contribution in [2.75, 3.05) is 19.7 Å². The quantitative estimate of drug-likeness (QED) is 0.714. The first-order valence-electron chi connectivity index (χ1n) is 10.4. The van der Waals surface area contributed by atoms with Crippen LogP contribution in [0.25, 0.3) is 10.9 Å². The second kappa shape index (κ2) is 7.68. The first kappa shape index (κ1) is 18.4. The minimum atomic E-state index is -0.262. The monoisotopic (exact) mass is 394 g/mol. The molecule has 29 heavy (non-hydrogen) atoms. The summed E-state index contributed by atoms with van der Waals surface area (Å²) < 4.78 is 7.62. The lowest BCUT2D eigenvalue weighted by atomic mass is 10.0. The number of pyridine rings is 1. The van der Waals surface area contributed by atoms with Crippen molar-refractivity contribution in [1.29, 1.82) is 0 Å². The number of aryl methyl sites for hydroxylation is 1. The highest BCUT2D eigenvalue weighted by Crippen LogP contribution is 2.30. The summed E-state index contributed by atoms with van der Waals surface area (Å²) in [5, 5.41) is 13.6. The molecule has 0 unspecified atom stereocenters. The smallest absolute Gasteiger partial charge is 0.253 e. The Morgan fingerprint density at radius 1 is 1.28 bits per heavy atom. The Kier molecular flexibility index (Phi) is 4.89. The molecule has 5 rings (SSSR count). The zero-order valence-corrected chi connectivity index (χ0v) is 16.7. The van der Waals surface area contributed by atoms with Crippen molar-refractivity contribution in [2.24, 2.45) is 0 Å². The molecule has 0 radical (unpaired) electrons. The SMILES string of the molecule is Cc1cccc2cc([C@@H](c3nnnn3C[C@@H]3CCCO3)N3CCCC3)c(=O)[nH]c12. The molecule has 3 aromatic rings. The van der Waals surface area contributed by atoms with E-state index in [2.05, 4.69) is 25.4 Å². The fourth-order valence-corrected chi connectivity index (χ4v) is 4.62. The van der Waals surface area contributed by atoms with Gasteiger partial charge in [-0.1, -0.05) is 18.2 Å². The zero-order chi connectivity index (χ0) is 19.8. The van der Waals surface area contributed by atoms with Crippen LogP contribution in [0.3, 0.4) is 0 Å². The highest BCUT2D eigenvalue weighted by atomic mass is 16.5. The number of aromatic amines is 1. The van der Waals surface area contributed by atoms with Crippen molar-refractivity contribution in [1.82, 2.24) is 30.1 Å². The summed E-state index contributed by atoms with van der Waals surface area (Å²) in [5.74, 6) is 0.722. The van der Waals surface area contributed by atoms with E-state index in [0.29, 0.717) is 12.1 Å². The van der Waals surface area contributed by atoms with Crippen LogP contribution in [-0.2, 0) is 11.3 Å². The number of H-pyrrole nitrogens is 1. The average Bonchev–Trinajstić information content (AvgIpc) is 3.48. The van der Waals surface area contributed by atoms with Crippen molar-refractivity contribution in [3.05, 3.63) is 51.6 Å². The van der Waals surface area contributed by atoms with Gasteiger partial charge in [-0.05, 0) is 73.1 Å². The van der Waals surface area contributed by atoms with Crippen LogP contribution in [0, 0.1) is 6.92 Å². The topological polar surface area (TPSA) is 88.9 Å². The number of tetrazole rings is 1. The summed E-state index contributed by atoms with van der Waals surface area (Å²) >= 11 is 0. The van der Waals surface area contributed by atoms with Crippen LogP contribution in [0.1, 0.15) is 48.7 Å². The summed E-state index contributed by atoms with van der Waals surface area (Å²) in [6, 6.07) is 7.82. The molecule has 0 aliphatic carbocycles. The third kappa shape index (κ3) is 3.47. The number of benzene rings is 1. The van der Waals surface area contributed by atoms with Gasteiger partial charge in [-0.3, -0.25) is 9.69 Å². The van der Waals surface area contributed by atoms with E-state index in [-0.39, 0.29) is 17.7 Å². The number of likely N-dealkylation sites (tertiary alicyclic amines) is 1. The highest BCUT2D eigenvalue weighted by molar-refractivity contribution is 5.82. The Bertz CT molecular complexity index is 1060. The van der Waals surface area contributed by atoms with E-state index in [1.54, 1.807) is 0 Å². The number of hydrogen-bond donors (Lipinski definition) is 1. The lowest BCUT2D eigenvalue weighted by Gasteiger charge is -2.27. The van der Waals surface area contributed by atoms with Gasteiger partial charge in [0, 0.05) is 12.2 Å². The molecule has 8 heteroatoms. The predicted octanol–water partition coefficient (Wildman–Crippen LogP) is 2.19. The van der Waals surface area contributed by atoms with Crippen LogP contribution in [0.5, 0.6) is 0 Å². The van der Waals surface area contributed by atoms with Crippen LogP contribution >= 0.6 is 0 Å². The van der Waals surface area contributed by atoms with Crippen LogP contribution in [-0.4, -0.2) is 55.9 Å². The molecule has 152 valence electrons. The molecule has 1 N–H and O–H groups in total. The second-order valence-corrected chi connectivity index (χ2v) is 8.09. The summed E-state index contributed by atoms with van der Waals surface area (Å²) in [7, 11) is 0. The Balaban J connectivity index is 1.60. The lowest BCUT2D eigenvalue weighted by molar-refractivity contribution is 0.0912. The third-order valence-electron chi connectivity index (χ3n) is 6.12. The molecule has 2 aromatic heterocycles. The minimum absolute atomic E-state index is 0.0737. The van der Waals surface area contributed by atoms with E-state index in [1.165, 1.54) is 0 Å². The Morgan fingerprint density at radius 3 is 2.93 bits per heavy atom. The molecule has 2 aliphatic rings. The summed E-state index contributed by atoms with van der Waals surface area (Å²) in [6.07, 6.45) is 4.46. The van der Waals surface area contributed by atoms with Gasteiger partial charge < -0.3 is 9.72 Å². The highest BCUT2D eigenvalue weighted by Gasteiger charge is 2.32. The normalized spacial score (nSPS) is 21.2.